The van der Waals surface area contributed by atoms with Gasteiger partial charge in [0.2, 0.25) is 0 Å². The maximum atomic E-state index is 2.61. The lowest BCUT2D eigenvalue weighted by Crippen LogP contribution is -2.40. The van der Waals surface area contributed by atoms with Crippen molar-refractivity contribution in [3.63, 3.8) is 0 Å². The molecule has 0 saturated carbocycles. The standard InChI is InChI=1S/C11H23N/c1-6-11(5)7-8-12(9-11)10(2,3)4/h6-9H2,1-5H3. The predicted octanol–water partition coefficient (Wildman–Crippen LogP) is 2.91. The molecule has 1 atom stereocenters. The molecule has 0 N–H and O–H groups in total. The van der Waals surface area contributed by atoms with Gasteiger partial charge < -0.3 is 0 Å². The molecule has 1 aliphatic heterocycles. The molecule has 12 heavy (non-hydrogen) atoms. The third-order valence-electron chi connectivity index (χ3n) is 3.36. The number of rotatable bonds is 1. The summed E-state index contributed by atoms with van der Waals surface area (Å²) in [5.74, 6) is 0. The Morgan fingerprint density at radius 3 is 2.17 bits per heavy atom. The van der Waals surface area contributed by atoms with Crippen LogP contribution < -0.4 is 0 Å². The highest BCUT2D eigenvalue weighted by molar-refractivity contribution is 4.90. The van der Waals surface area contributed by atoms with Crippen LogP contribution in [0.3, 0.4) is 0 Å². The highest BCUT2D eigenvalue weighted by Crippen LogP contribution is 2.36. The quantitative estimate of drug-likeness (QED) is 0.583. The molecule has 0 aromatic carbocycles. The zero-order valence-electron chi connectivity index (χ0n) is 9.28. The topological polar surface area (TPSA) is 3.24 Å². The summed E-state index contributed by atoms with van der Waals surface area (Å²) in [6, 6.07) is 0. The Morgan fingerprint density at radius 1 is 1.33 bits per heavy atom. The van der Waals surface area contributed by atoms with Gasteiger partial charge in [-0.2, -0.15) is 0 Å². The van der Waals surface area contributed by atoms with Crippen molar-refractivity contribution in [1.29, 1.82) is 0 Å². The Morgan fingerprint density at radius 2 is 1.92 bits per heavy atom. The van der Waals surface area contributed by atoms with Crippen LogP contribution in [0, 0.1) is 5.41 Å². The molecule has 0 radical (unpaired) electrons. The molecule has 1 fully saturated rings. The first-order valence-electron chi connectivity index (χ1n) is 5.12. The van der Waals surface area contributed by atoms with E-state index >= 15 is 0 Å². The van der Waals surface area contributed by atoms with Crippen LogP contribution in [0.25, 0.3) is 0 Å². The van der Waals surface area contributed by atoms with Gasteiger partial charge in [-0.05, 0) is 45.6 Å². The SMILES string of the molecule is CCC1(C)CCN(C(C)(C)C)C1. The van der Waals surface area contributed by atoms with Crippen molar-refractivity contribution in [1.82, 2.24) is 4.90 Å². The van der Waals surface area contributed by atoms with Crippen LogP contribution in [0.1, 0.15) is 47.5 Å². The molecule has 0 aliphatic carbocycles. The molecule has 0 amide bonds. The summed E-state index contributed by atoms with van der Waals surface area (Å²) in [7, 11) is 0. The summed E-state index contributed by atoms with van der Waals surface area (Å²) in [6.07, 6.45) is 2.69. The Balaban J connectivity index is 2.57. The predicted molar refractivity (Wildman–Crippen MR) is 54.3 cm³/mol. The molecule has 1 unspecified atom stereocenters. The summed E-state index contributed by atoms with van der Waals surface area (Å²) in [4.78, 5) is 2.61. The van der Waals surface area contributed by atoms with E-state index in [1.807, 2.05) is 0 Å². The number of nitrogens with zero attached hydrogens (tertiary/aromatic N) is 1. The van der Waals surface area contributed by atoms with Gasteiger partial charge >= 0.3 is 0 Å². The highest BCUT2D eigenvalue weighted by Gasteiger charge is 2.36. The van der Waals surface area contributed by atoms with Gasteiger partial charge in [0.05, 0.1) is 0 Å². The molecule has 0 spiro atoms. The Hall–Kier alpha value is -0.0400. The monoisotopic (exact) mass is 169 g/mol. The van der Waals surface area contributed by atoms with E-state index in [9.17, 15) is 0 Å². The van der Waals surface area contributed by atoms with Crippen molar-refractivity contribution in [3.05, 3.63) is 0 Å². The smallest absolute Gasteiger partial charge is 0.0125 e. The summed E-state index contributed by atoms with van der Waals surface area (Å²) in [5, 5.41) is 0. The molecule has 1 heterocycles. The van der Waals surface area contributed by atoms with Crippen LogP contribution in [0.5, 0.6) is 0 Å². The zero-order valence-corrected chi connectivity index (χ0v) is 9.28. The van der Waals surface area contributed by atoms with Gasteiger partial charge in [0, 0.05) is 12.1 Å². The average molecular weight is 169 g/mol. The fraction of sp³-hybridized carbons (Fsp3) is 1.00. The minimum absolute atomic E-state index is 0.368. The largest absolute Gasteiger partial charge is 0.298 e. The number of hydrogen-bond donors (Lipinski definition) is 0. The fourth-order valence-corrected chi connectivity index (χ4v) is 1.88. The van der Waals surface area contributed by atoms with E-state index in [2.05, 4.69) is 39.5 Å². The Bertz CT molecular complexity index is 157. The lowest BCUT2D eigenvalue weighted by atomic mass is 9.87. The van der Waals surface area contributed by atoms with Gasteiger partial charge in [0.15, 0.2) is 0 Å². The van der Waals surface area contributed by atoms with Crippen LogP contribution in [-0.4, -0.2) is 23.5 Å². The van der Waals surface area contributed by atoms with Gasteiger partial charge in [-0.3, -0.25) is 4.90 Å². The lowest BCUT2D eigenvalue weighted by molar-refractivity contribution is 0.151. The van der Waals surface area contributed by atoms with Gasteiger partial charge in [-0.15, -0.1) is 0 Å². The first kappa shape index (κ1) is 10.0. The molecular weight excluding hydrogens is 146 g/mol. The summed E-state index contributed by atoms with van der Waals surface area (Å²) in [5.41, 5.74) is 0.959. The van der Waals surface area contributed by atoms with E-state index < -0.39 is 0 Å². The van der Waals surface area contributed by atoms with Gasteiger partial charge in [0.1, 0.15) is 0 Å². The van der Waals surface area contributed by atoms with Crippen molar-refractivity contribution in [2.24, 2.45) is 5.41 Å². The van der Waals surface area contributed by atoms with Crippen molar-refractivity contribution in [3.8, 4) is 0 Å². The Kier molecular flexibility index (Phi) is 2.53. The normalized spacial score (nSPS) is 32.8. The zero-order chi connectivity index (χ0) is 9.41. The van der Waals surface area contributed by atoms with Crippen molar-refractivity contribution < 1.29 is 0 Å². The molecule has 0 bridgehead atoms. The summed E-state index contributed by atoms with van der Waals surface area (Å²) in [6.45, 7) is 14.2. The minimum atomic E-state index is 0.368. The van der Waals surface area contributed by atoms with Gasteiger partial charge in [-0.25, -0.2) is 0 Å². The van der Waals surface area contributed by atoms with E-state index in [0.717, 1.165) is 0 Å². The van der Waals surface area contributed by atoms with Crippen LogP contribution in [0.4, 0.5) is 0 Å². The second-order valence-corrected chi connectivity index (χ2v) is 5.51. The molecule has 1 rings (SSSR count). The van der Waals surface area contributed by atoms with E-state index in [1.165, 1.54) is 25.9 Å². The van der Waals surface area contributed by atoms with Gasteiger partial charge in [-0.1, -0.05) is 13.8 Å². The van der Waals surface area contributed by atoms with E-state index in [-0.39, 0.29) is 0 Å². The molecule has 0 aromatic heterocycles. The Labute approximate surface area is 77.1 Å². The van der Waals surface area contributed by atoms with E-state index in [0.29, 0.717) is 11.0 Å². The van der Waals surface area contributed by atoms with Crippen molar-refractivity contribution >= 4 is 0 Å². The second kappa shape index (κ2) is 3.02. The van der Waals surface area contributed by atoms with E-state index in [1.54, 1.807) is 0 Å². The molecular formula is C11H23N. The third-order valence-corrected chi connectivity index (χ3v) is 3.36. The van der Waals surface area contributed by atoms with E-state index in [4.69, 9.17) is 0 Å². The average Bonchev–Trinajstić information content (AvgIpc) is 2.32. The number of likely N-dealkylation sites (tertiary alicyclic amines) is 1. The first-order chi connectivity index (χ1) is 5.37. The first-order valence-corrected chi connectivity index (χ1v) is 5.12. The molecule has 1 saturated heterocycles. The van der Waals surface area contributed by atoms with Crippen LogP contribution in [0.15, 0.2) is 0 Å². The fourth-order valence-electron chi connectivity index (χ4n) is 1.88. The molecule has 1 aliphatic rings. The summed E-state index contributed by atoms with van der Waals surface area (Å²) >= 11 is 0. The summed E-state index contributed by atoms with van der Waals surface area (Å²) < 4.78 is 0. The number of hydrogen-bond acceptors (Lipinski definition) is 1. The van der Waals surface area contributed by atoms with Crippen LogP contribution in [0.2, 0.25) is 0 Å². The highest BCUT2D eigenvalue weighted by atomic mass is 15.2. The van der Waals surface area contributed by atoms with Crippen molar-refractivity contribution in [2.45, 2.75) is 53.0 Å². The molecule has 72 valence electrons. The van der Waals surface area contributed by atoms with Gasteiger partial charge in [0.25, 0.3) is 0 Å². The third kappa shape index (κ3) is 2.01. The molecule has 0 aromatic rings. The molecule has 1 heteroatoms. The maximum absolute atomic E-state index is 2.61. The van der Waals surface area contributed by atoms with Crippen LogP contribution >= 0.6 is 0 Å². The maximum Gasteiger partial charge on any atom is 0.0125 e. The second-order valence-electron chi connectivity index (χ2n) is 5.51. The van der Waals surface area contributed by atoms with Crippen molar-refractivity contribution in [2.75, 3.05) is 13.1 Å². The lowest BCUT2D eigenvalue weighted by Gasteiger charge is -2.33. The molecule has 1 nitrogen and oxygen atoms in total. The minimum Gasteiger partial charge on any atom is -0.298 e. The van der Waals surface area contributed by atoms with Crippen LogP contribution in [-0.2, 0) is 0 Å².